The van der Waals surface area contributed by atoms with Gasteiger partial charge in [0.25, 0.3) is 5.56 Å². The first-order valence-electron chi connectivity index (χ1n) is 9.84. The predicted molar refractivity (Wildman–Crippen MR) is 121 cm³/mol. The van der Waals surface area contributed by atoms with Crippen LogP contribution in [0.1, 0.15) is 25.0 Å². The van der Waals surface area contributed by atoms with E-state index in [4.69, 9.17) is 9.72 Å². The minimum atomic E-state index is -0.503. The highest BCUT2D eigenvalue weighted by Gasteiger charge is 2.22. The molecule has 2 aromatic carbocycles. The van der Waals surface area contributed by atoms with Gasteiger partial charge in [-0.15, -0.1) is 0 Å². The van der Waals surface area contributed by atoms with E-state index in [1.54, 1.807) is 18.4 Å². The molecule has 154 valence electrons. The van der Waals surface area contributed by atoms with E-state index in [1.807, 2.05) is 50.2 Å². The van der Waals surface area contributed by atoms with Crippen LogP contribution in [0, 0.1) is 13.8 Å². The van der Waals surface area contributed by atoms with Gasteiger partial charge in [-0.2, -0.15) is 0 Å². The average molecular weight is 422 g/mol. The fourth-order valence-electron chi connectivity index (χ4n) is 3.59. The molecule has 0 saturated carbocycles. The molecule has 6 nitrogen and oxygen atoms in total. The van der Waals surface area contributed by atoms with Crippen LogP contribution in [0.3, 0.4) is 0 Å². The summed E-state index contributed by atoms with van der Waals surface area (Å²) in [4.78, 5) is 33.9. The van der Waals surface area contributed by atoms with Crippen molar-refractivity contribution < 1.29 is 9.53 Å². The van der Waals surface area contributed by atoms with Crippen molar-refractivity contribution in [2.45, 2.75) is 38.1 Å². The Morgan fingerprint density at radius 3 is 2.60 bits per heavy atom. The molecule has 0 radical (unpaired) electrons. The van der Waals surface area contributed by atoms with Crippen molar-refractivity contribution in [1.29, 1.82) is 0 Å². The molecule has 4 rings (SSSR count). The Balaban J connectivity index is 1.99. The second kappa shape index (κ2) is 7.99. The van der Waals surface area contributed by atoms with Crippen molar-refractivity contribution in [2.24, 2.45) is 0 Å². The Hall–Kier alpha value is -3.06. The van der Waals surface area contributed by atoms with Crippen molar-refractivity contribution in [3.63, 3.8) is 0 Å². The van der Waals surface area contributed by atoms with Gasteiger partial charge in [0.2, 0.25) is 0 Å². The van der Waals surface area contributed by atoms with Crippen LogP contribution in [0.15, 0.2) is 52.4 Å². The third kappa shape index (κ3) is 3.61. The van der Waals surface area contributed by atoms with Crippen LogP contribution in [-0.2, 0) is 9.53 Å². The lowest BCUT2D eigenvalue weighted by atomic mass is 10.1. The molecule has 0 fully saturated rings. The van der Waals surface area contributed by atoms with Crippen molar-refractivity contribution in [2.75, 3.05) is 6.61 Å². The lowest BCUT2D eigenvalue weighted by Crippen LogP contribution is -2.24. The van der Waals surface area contributed by atoms with Gasteiger partial charge in [0.1, 0.15) is 16.3 Å². The molecule has 0 aliphatic carbocycles. The first kappa shape index (κ1) is 20.2. The Morgan fingerprint density at radius 1 is 1.20 bits per heavy atom. The number of fused-ring (bicyclic) bond motifs is 3. The second-order valence-corrected chi connectivity index (χ2v) is 8.60. The molecule has 1 atom stereocenters. The Labute approximate surface area is 178 Å². The fraction of sp³-hybridized carbons (Fsp3) is 0.261. The number of aromatic nitrogens is 3. The highest BCUT2D eigenvalue weighted by Crippen LogP contribution is 2.29. The van der Waals surface area contributed by atoms with Gasteiger partial charge >= 0.3 is 5.97 Å². The molecule has 0 amide bonds. The number of para-hydroxylation sites is 1. The van der Waals surface area contributed by atoms with E-state index in [-0.39, 0.29) is 11.5 Å². The number of thioether (sulfide) groups is 1. The van der Waals surface area contributed by atoms with Gasteiger partial charge in [-0.1, -0.05) is 36.0 Å². The maximum absolute atomic E-state index is 13.6. The Kier molecular flexibility index (Phi) is 5.39. The lowest BCUT2D eigenvalue weighted by Gasteiger charge is -2.16. The maximum atomic E-state index is 13.6. The predicted octanol–water partition coefficient (Wildman–Crippen LogP) is 4.53. The minimum Gasteiger partial charge on any atom is -0.465 e. The average Bonchev–Trinajstić information content (AvgIpc) is 3.06. The molecule has 4 aromatic rings. The first-order chi connectivity index (χ1) is 14.4. The number of carbonyl (C=O) groups excluding carboxylic acids is 1. The highest BCUT2D eigenvalue weighted by molar-refractivity contribution is 8.00. The summed E-state index contributed by atoms with van der Waals surface area (Å²) in [7, 11) is 0. The molecule has 0 aliphatic rings. The number of rotatable bonds is 5. The van der Waals surface area contributed by atoms with Crippen LogP contribution in [0.2, 0.25) is 0 Å². The largest absolute Gasteiger partial charge is 0.465 e. The van der Waals surface area contributed by atoms with Gasteiger partial charge in [0.15, 0.2) is 5.16 Å². The minimum absolute atomic E-state index is 0.195. The monoisotopic (exact) mass is 421 g/mol. The highest BCUT2D eigenvalue weighted by atomic mass is 32.2. The number of H-pyrrole nitrogens is 1. The number of nitrogens with zero attached hydrogens (tertiary/aromatic N) is 2. The normalized spacial score (nSPS) is 12.4. The van der Waals surface area contributed by atoms with Crippen molar-refractivity contribution in [3.8, 4) is 5.69 Å². The summed E-state index contributed by atoms with van der Waals surface area (Å²) >= 11 is 1.23. The molecule has 0 aliphatic heterocycles. The summed E-state index contributed by atoms with van der Waals surface area (Å²) in [6.07, 6.45) is 0. The number of esters is 1. The molecular weight excluding hydrogens is 398 g/mol. The number of benzene rings is 2. The van der Waals surface area contributed by atoms with Gasteiger partial charge in [-0.05, 0) is 57.0 Å². The maximum Gasteiger partial charge on any atom is 0.319 e. The van der Waals surface area contributed by atoms with Crippen molar-refractivity contribution >= 4 is 39.7 Å². The Bertz CT molecular complexity index is 1300. The van der Waals surface area contributed by atoms with E-state index in [9.17, 15) is 9.59 Å². The SMILES string of the molecule is CCOC(=O)[C@@H](C)Sc1nc2c([nH]c3ccccc32)c(=O)n1-c1cc(C)cc(C)c1. The summed E-state index contributed by atoms with van der Waals surface area (Å²) < 4.78 is 6.73. The smallest absolute Gasteiger partial charge is 0.319 e. The molecular formula is C23H23N3O3S. The number of ether oxygens (including phenoxy) is 1. The first-order valence-corrected chi connectivity index (χ1v) is 10.7. The van der Waals surface area contributed by atoms with Crippen LogP contribution in [0.5, 0.6) is 0 Å². The van der Waals surface area contributed by atoms with E-state index in [1.165, 1.54) is 11.8 Å². The van der Waals surface area contributed by atoms with Gasteiger partial charge < -0.3 is 9.72 Å². The summed E-state index contributed by atoms with van der Waals surface area (Å²) in [5.74, 6) is -0.331. The van der Waals surface area contributed by atoms with Crippen LogP contribution >= 0.6 is 11.8 Å². The van der Waals surface area contributed by atoms with E-state index < -0.39 is 5.25 Å². The molecule has 0 spiro atoms. The lowest BCUT2D eigenvalue weighted by molar-refractivity contribution is -0.142. The number of aromatic amines is 1. The van der Waals surface area contributed by atoms with Gasteiger partial charge in [0.05, 0.1) is 12.3 Å². The number of aryl methyl sites for hydroxylation is 2. The molecule has 1 N–H and O–H groups in total. The third-order valence-corrected chi connectivity index (χ3v) is 5.89. The van der Waals surface area contributed by atoms with E-state index in [2.05, 4.69) is 11.1 Å². The molecule has 0 unspecified atom stereocenters. The van der Waals surface area contributed by atoms with E-state index >= 15 is 0 Å². The fourth-order valence-corrected chi connectivity index (χ4v) is 4.51. The Morgan fingerprint density at radius 2 is 1.90 bits per heavy atom. The van der Waals surface area contributed by atoms with Crippen molar-refractivity contribution in [1.82, 2.24) is 14.5 Å². The van der Waals surface area contributed by atoms with Gasteiger partial charge in [-0.3, -0.25) is 14.2 Å². The van der Waals surface area contributed by atoms with Gasteiger partial charge in [0, 0.05) is 10.9 Å². The number of carbonyl (C=O) groups is 1. The number of hydrogen-bond donors (Lipinski definition) is 1. The zero-order valence-corrected chi connectivity index (χ0v) is 18.2. The van der Waals surface area contributed by atoms with Crippen LogP contribution < -0.4 is 5.56 Å². The number of nitrogens with one attached hydrogen (secondary N) is 1. The zero-order chi connectivity index (χ0) is 21.4. The van der Waals surface area contributed by atoms with Crippen LogP contribution in [0.25, 0.3) is 27.6 Å². The third-order valence-electron chi connectivity index (χ3n) is 4.86. The topological polar surface area (TPSA) is 77.0 Å². The second-order valence-electron chi connectivity index (χ2n) is 7.29. The van der Waals surface area contributed by atoms with E-state index in [0.29, 0.717) is 22.8 Å². The van der Waals surface area contributed by atoms with E-state index in [0.717, 1.165) is 27.7 Å². The molecule has 0 saturated heterocycles. The molecule has 30 heavy (non-hydrogen) atoms. The van der Waals surface area contributed by atoms with Crippen LogP contribution in [-0.4, -0.2) is 32.4 Å². The van der Waals surface area contributed by atoms with Crippen LogP contribution in [0.4, 0.5) is 0 Å². The summed E-state index contributed by atoms with van der Waals surface area (Å²) in [5, 5.41) is 0.835. The number of hydrogen-bond acceptors (Lipinski definition) is 5. The molecule has 7 heteroatoms. The zero-order valence-electron chi connectivity index (χ0n) is 17.4. The summed E-state index contributed by atoms with van der Waals surface area (Å²) in [6.45, 7) is 7.83. The van der Waals surface area contributed by atoms with Gasteiger partial charge in [-0.25, -0.2) is 4.98 Å². The quantitative estimate of drug-likeness (QED) is 0.291. The van der Waals surface area contributed by atoms with Crippen molar-refractivity contribution in [3.05, 3.63) is 63.9 Å². The molecule has 2 aromatic heterocycles. The summed E-state index contributed by atoms with van der Waals surface area (Å²) in [5.41, 5.74) is 4.53. The standard InChI is InChI=1S/C23H23N3O3S/c1-5-29-22(28)15(4)30-23-25-19-17-8-6-7-9-18(17)24-20(19)21(27)26(23)16-11-13(2)10-14(3)12-16/h6-12,15,24H,5H2,1-4H3/t15-/m1/s1. The summed E-state index contributed by atoms with van der Waals surface area (Å²) in [6, 6.07) is 13.6. The molecule has 2 heterocycles. The molecule has 0 bridgehead atoms.